The highest BCUT2D eigenvalue weighted by molar-refractivity contribution is 7.89. The van der Waals surface area contributed by atoms with Crippen LogP contribution in [-0.2, 0) is 10.0 Å². The van der Waals surface area contributed by atoms with Gasteiger partial charge in [-0.05, 0) is 56.4 Å². The van der Waals surface area contributed by atoms with Gasteiger partial charge in [0.25, 0.3) is 0 Å². The molecule has 0 radical (unpaired) electrons. The zero-order valence-electron chi connectivity index (χ0n) is 11.1. The van der Waals surface area contributed by atoms with Gasteiger partial charge < -0.3 is 5.73 Å². The standard InChI is InChI=1S/C14H20N2O2S/c1-11-10-13(15)6-7-14(11)19(17,18)16-9-8-12-4-2-3-5-12/h4,6-7,10,16H,2-3,5,8-9,15H2,1H3. The molecule has 0 atom stereocenters. The summed E-state index contributed by atoms with van der Waals surface area (Å²) >= 11 is 0. The Kier molecular flexibility index (Phi) is 4.27. The Hall–Kier alpha value is -1.33. The molecule has 0 spiro atoms. The van der Waals surface area contributed by atoms with Crippen LogP contribution >= 0.6 is 0 Å². The number of sulfonamides is 1. The van der Waals surface area contributed by atoms with Crippen LogP contribution in [0.15, 0.2) is 34.7 Å². The van der Waals surface area contributed by atoms with Crippen LogP contribution < -0.4 is 10.5 Å². The van der Waals surface area contributed by atoms with Crippen LogP contribution in [0.1, 0.15) is 31.2 Å². The first kappa shape index (κ1) is 14.1. The van der Waals surface area contributed by atoms with E-state index in [2.05, 4.69) is 10.8 Å². The highest BCUT2D eigenvalue weighted by atomic mass is 32.2. The molecule has 0 bridgehead atoms. The minimum Gasteiger partial charge on any atom is -0.399 e. The number of nitrogens with one attached hydrogen (secondary N) is 1. The van der Waals surface area contributed by atoms with E-state index in [1.807, 2.05) is 0 Å². The molecule has 5 heteroatoms. The van der Waals surface area contributed by atoms with Gasteiger partial charge in [-0.3, -0.25) is 0 Å². The van der Waals surface area contributed by atoms with Crippen LogP contribution in [0, 0.1) is 6.92 Å². The van der Waals surface area contributed by atoms with Gasteiger partial charge in [-0.15, -0.1) is 0 Å². The van der Waals surface area contributed by atoms with Gasteiger partial charge in [0.15, 0.2) is 0 Å². The van der Waals surface area contributed by atoms with Crippen molar-refractivity contribution in [1.82, 2.24) is 4.72 Å². The normalized spacial score (nSPS) is 15.5. The molecule has 1 aliphatic rings. The van der Waals surface area contributed by atoms with Crippen molar-refractivity contribution in [3.8, 4) is 0 Å². The number of nitrogens with two attached hydrogens (primary N) is 1. The minimum absolute atomic E-state index is 0.308. The third kappa shape index (κ3) is 3.58. The number of hydrogen-bond acceptors (Lipinski definition) is 3. The van der Waals surface area contributed by atoms with E-state index in [9.17, 15) is 8.42 Å². The number of nitrogen functional groups attached to an aromatic ring is 1. The second-order valence-corrected chi connectivity index (χ2v) is 6.66. The predicted molar refractivity (Wildman–Crippen MR) is 77.3 cm³/mol. The van der Waals surface area contributed by atoms with Gasteiger partial charge >= 0.3 is 0 Å². The van der Waals surface area contributed by atoms with Crippen molar-refractivity contribution in [2.45, 2.75) is 37.5 Å². The Labute approximate surface area is 114 Å². The molecule has 0 heterocycles. The van der Waals surface area contributed by atoms with Crippen molar-refractivity contribution in [1.29, 1.82) is 0 Å². The number of allylic oxidation sites excluding steroid dienone is 1. The van der Waals surface area contributed by atoms with Crippen LogP contribution in [0.2, 0.25) is 0 Å². The Morgan fingerprint density at radius 3 is 2.79 bits per heavy atom. The molecular weight excluding hydrogens is 260 g/mol. The Balaban J connectivity index is 2.01. The van der Waals surface area contributed by atoms with Crippen LogP contribution in [-0.4, -0.2) is 15.0 Å². The first-order valence-electron chi connectivity index (χ1n) is 6.53. The topological polar surface area (TPSA) is 72.2 Å². The van der Waals surface area contributed by atoms with Crippen molar-refractivity contribution in [3.05, 3.63) is 35.4 Å². The maximum atomic E-state index is 12.2. The highest BCUT2D eigenvalue weighted by Crippen LogP contribution is 2.21. The number of rotatable bonds is 5. The van der Waals surface area contributed by atoms with Crippen LogP contribution in [0.4, 0.5) is 5.69 Å². The molecule has 2 rings (SSSR count). The van der Waals surface area contributed by atoms with E-state index < -0.39 is 10.0 Å². The lowest BCUT2D eigenvalue weighted by molar-refractivity contribution is 0.580. The minimum atomic E-state index is -3.43. The van der Waals surface area contributed by atoms with E-state index in [1.54, 1.807) is 25.1 Å². The van der Waals surface area contributed by atoms with Crippen molar-refractivity contribution < 1.29 is 8.42 Å². The van der Waals surface area contributed by atoms with Crippen molar-refractivity contribution in [3.63, 3.8) is 0 Å². The molecule has 3 N–H and O–H groups in total. The molecule has 0 aromatic heterocycles. The second-order valence-electron chi connectivity index (χ2n) is 4.93. The fourth-order valence-electron chi connectivity index (χ4n) is 2.36. The van der Waals surface area contributed by atoms with E-state index in [0.717, 1.165) is 19.3 Å². The first-order chi connectivity index (χ1) is 8.99. The summed E-state index contributed by atoms with van der Waals surface area (Å²) in [7, 11) is -3.43. The van der Waals surface area contributed by atoms with Gasteiger partial charge in [-0.1, -0.05) is 11.6 Å². The fraction of sp³-hybridized carbons (Fsp3) is 0.429. The second kappa shape index (κ2) is 5.75. The first-order valence-corrected chi connectivity index (χ1v) is 8.01. The maximum Gasteiger partial charge on any atom is 0.240 e. The lowest BCUT2D eigenvalue weighted by Crippen LogP contribution is -2.25. The molecule has 1 aromatic carbocycles. The molecule has 1 aromatic rings. The summed E-state index contributed by atoms with van der Waals surface area (Å²) in [4.78, 5) is 0.308. The average molecular weight is 280 g/mol. The molecular formula is C14H20N2O2S. The maximum absolute atomic E-state index is 12.2. The van der Waals surface area contributed by atoms with Crippen LogP contribution in [0.25, 0.3) is 0 Å². The Bertz CT molecular complexity index is 591. The molecule has 0 saturated heterocycles. The molecule has 0 unspecified atom stereocenters. The zero-order valence-corrected chi connectivity index (χ0v) is 12.0. The van der Waals surface area contributed by atoms with Gasteiger partial charge in [0.05, 0.1) is 4.90 Å². The summed E-state index contributed by atoms with van der Waals surface area (Å²) in [5, 5.41) is 0. The zero-order chi connectivity index (χ0) is 13.9. The molecule has 1 aliphatic carbocycles. The number of aryl methyl sites for hydroxylation is 1. The summed E-state index contributed by atoms with van der Waals surface area (Å²) in [5.74, 6) is 0. The summed E-state index contributed by atoms with van der Waals surface area (Å²) in [6.07, 6.45) is 6.43. The van der Waals surface area contributed by atoms with E-state index >= 15 is 0 Å². The third-order valence-corrected chi connectivity index (χ3v) is 4.98. The molecule has 104 valence electrons. The molecule has 4 nitrogen and oxygen atoms in total. The van der Waals surface area contributed by atoms with Crippen LogP contribution in [0.5, 0.6) is 0 Å². The van der Waals surface area contributed by atoms with Crippen molar-refractivity contribution >= 4 is 15.7 Å². The van der Waals surface area contributed by atoms with Crippen LogP contribution in [0.3, 0.4) is 0 Å². The quantitative estimate of drug-likeness (QED) is 0.642. The largest absolute Gasteiger partial charge is 0.399 e. The summed E-state index contributed by atoms with van der Waals surface area (Å²) in [5.41, 5.74) is 8.24. The van der Waals surface area contributed by atoms with E-state index in [4.69, 9.17) is 5.73 Å². The van der Waals surface area contributed by atoms with E-state index in [0.29, 0.717) is 22.7 Å². The smallest absolute Gasteiger partial charge is 0.240 e. The fourth-order valence-corrected chi connectivity index (χ4v) is 3.62. The molecule has 0 saturated carbocycles. The summed E-state index contributed by atoms with van der Waals surface area (Å²) in [6, 6.07) is 4.84. The van der Waals surface area contributed by atoms with Crippen molar-refractivity contribution in [2.75, 3.05) is 12.3 Å². The number of benzene rings is 1. The number of hydrogen-bond donors (Lipinski definition) is 2. The van der Waals surface area contributed by atoms with Gasteiger partial charge in [-0.2, -0.15) is 0 Å². The molecule has 0 aliphatic heterocycles. The van der Waals surface area contributed by atoms with Crippen molar-refractivity contribution in [2.24, 2.45) is 0 Å². The average Bonchev–Trinajstić information content (AvgIpc) is 2.81. The summed E-state index contributed by atoms with van der Waals surface area (Å²) < 4.78 is 27.0. The van der Waals surface area contributed by atoms with Gasteiger partial charge in [0.1, 0.15) is 0 Å². The van der Waals surface area contributed by atoms with E-state index in [1.165, 1.54) is 12.0 Å². The van der Waals surface area contributed by atoms with Gasteiger partial charge in [-0.25, -0.2) is 13.1 Å². The van der Waals surface area contributed by atoms with Gasteiger partial charge in [0, 0.05) is 12.2 Å². The highest BCUT2D eigenvalue weighted by Gasteiger charge is 2.16. The molecule has 0 fully saturated rings. The predicted octanol–water partition coefficient (Wildman–Crippen LogP) is 2.36. The summed E-state index contributed by atoms with van der Waals surface area (Å²) in [6.45, 7) is 2.21. The van der Waals surface area contributed by atoms with E-state index in [-0.39, 0.29) is 0 Å². The SMILES string of the molecule is Cc1cc(N)ccc1S(=O)(=O)NCCC1=CCCC1. The molecule has 0 amide bonds. The number of anilines is 1. The third-order valence-electron chi connectivity index (χ3n) is 3.36. The lowest BCUT2D eigenvalue weighted by atomic mass is 10.2. The Morgan fingerprint density at radius 2 is 2.16 bits per heavy atom. The van der Waals surface area contributed by atoms with Gasteiger partial charge in [0.2, 0.25) is 10.0 Å². The Morgan fingerprint density at radius 1 is 1.37 bits per heavy atom. The monoisotopic (exact) mass is 280 g/mol. The molecule has 19 heavy (non-hydrogen) atoms. The lowest BCUT2D eigenvalue weighted by Gasteiger charge is -2.10.